The first kappa shape index (κ1) is 14.8. The number of nitrogens with zero attached hydrogens (tertiary/aromatic N) is 1. The summed E-state index contributed by atoms with van der Waals surface area (Å²) in [5.74, 6) is 0.575. The highest BCUT2D eigenvalue weighted by atomic mass is 16.4. The number of aryl methyl sites for hydroxylation is 1. The lowest BCUT2D eigenvalue weighted by Crippen LogP contribution is -2.36. The quantitative estimate of drug-likeness (QED) is 0.861. The van der Waals surface area contributed by atoms with E-state index in [1.807, 2.05) is 30.3 Å². The summed E-state index contributed by atoms with van der Waals surface area (Å²) in [6.45, 7) is 1.72. The molecule has 1 aromatic heterocycles. The Balaban J connectivity index is 2.03. The maximum Gasteiger partial charge on any atom is 0.239 e. The van der Waals surface area contributed by atoms with Gasteiger partial charge in [0.25, 0.3) is 0 Å². The highest BCUT2D eigenvalue weighted by molar-refractivity contribution is 5.85. The van der Waals surface area contributed by atoms with E-state index in [4.69, 9.17) is 4.42 Å². The molecule has 1 heterocycles. The average Bonchev–Trinajstić information content (AvgIpc) is 2.86. The number of hydrogen-bond acceptors (Lipinski definition) is 4. The Morgan fingerprint density at radius 1 is 1.19 bits per heavy atom. The van der Waals surface area contributed by atoms with Crippen LogP contribution in [0.4, 0.5) is 0 Å². The van der Waals surface area contributed by atoms with Crippen molar-refractivity contribution in [2.45, 2.75) is 13.3 Å². The minimum absolute atomic E-state index is 0.0439. The van der Waals surface area contributed by atoms with Crippen LogP contribution in [0, 0.1) is 6.92 Å². The van der Waals surface area contributed by atoms with Crippen LogP contribution in [0.5, 0.6) is 0 Å². The van der Waals surface area contributed by atoms with Crippen LogP contribution in [0.25, 0.3) is 11.5 Å². The van der Waals surface area contributed by atoms with Crippen LogP contribution in [-0.4, -0.2) is 30.4 Å². The fourth-order valence-corrected chi connectivity index (χ4v) is 1.78. The molecule has 2 N–H and O–H groups in total. The van der Waals surface area contributed by atoms with Crippen molar-refractivity contribution in [3.63, 3.8) is 0 Å². The number of benzene rings is 1. The first-order valence-corrected chi connectivity index (χ1v) is 6.59. The molecule has 6 heteroatoms. The molecule has 1 aromatic carbocycles. The summed E-state index contributed by atoms with van der Waals surface area (Å²) in [5.41, 5.74) is 1.43. The minimum atomic E-state index is -0.269. The Hall–Kier alpha value is -2.63. The van der Waals surface area contributed by atoms with E-state index in [1.54, 1.807) is 6.92 Å². The molecule has 0 atom stereocenters. The lowest BCUT2D eigenvalue weighted by Gasteiger charge is -2.02. The zero-order valence-electron chi connectivity index (χ0n) is 12.0. The first-order chi connectivity index (χ1) is 10.1. The van der Waals surface area contributed by atoms with E-state index in [0.717, 1.165) is 5.56 Å². The van der Waals surface area contributed by atoms with Crippen molar-refractivity contribution < 1.29 is 14.0 Å². The number of carbonyl (C=O) groups is 2. The average molecular weight is 287 g/mol. The third kappa shape index (κ3) is 3.92. The zero-order valence-corrected chi connectivity index (χ0v) is 12.0. The van der Waals surface area contributed by atoms with Crippen LogP contribution in [0.15, 0.2) is 34.7 Å². The van der Waals surface area contributed by atoms with Crippen molar-refractivity contribution in [3.8, 4) is 11.5 Å². The molecule has 0 aliphatic heterocycles. The van der Waals surface area contributed by atoms with E-state index in [9.17, 15) is 9.59 Å². The molecule has 0 spiro atoms. The molecule has 110 valence electrons. The predicted octanol–water partition coefficient (Wildman–Crippen LogP) is 1.05. The number of hydrogen-bond donors (Lipinski definition) is 2. The van der Waals surface area contributed by atoms with Gasteiger partial charge in [-0.15, -0.1) is 0 Å². The summed E-state index contributed by atoms with van der Waals surface area (Å²) in [4.78, 5) is 27.2. The lowest BCUT2D eigenvalue weighted by atomic mass is 10.2. The Morgan fingerprint density at radius 2 is 1.90 bits per heavy atom. The number of amides is 2. The van der Waals surface area contributed by atoms with E-state index in [0.29, 0.717) is 17.3 Å². The van der Waals surface area contributed by atoms with Gasteiger partial charge < -0.3 is 15.1 Å². The second-order valence-corrected chi connectivity index (χ2v) is 4.51. The molecule has 2 aromatic rings. The monoisotopic (exact) mass is 287 g/mol. The number of nitrogens with one attached hydrogen (secondary N) is 2. The van der Waals surface area contributed by atoms with Gasteiger partial charge in [0, 0.05) is 12.6 Å². The first-order valence-electron chi connectivity index (χ1n) is 6.59. The molecule has 0 saturated heterocycles. The predicted molar refractivity (Wildman–Crippen MR) is 77.5 cm³/mol. The van der Waals surface area contributed by atoms with Gasteiger partial charge in [0.1, 0.15) is 5.76 Å². The van der Waals surface area contributed by atoms with Crippen LogP contribution < -0.4 is 10.6 Å². The third-order valence-electron chi connectivity index (χ3n) is 2.97. The number of oxazole rings is 1. The summed E-state index contributed by atoms with van der Waals surface area (Å²) in [6, 6.07) is 9.48. The van der Waals surface area contributed by atoms with Crippen LogP contribution in [0.3, 0.4) is 0 Å². The second kappa shape index (κ2) is 6.69. The molecule has 0 radical (unpaired) electrons. The molecular weight excluding hydrogens is 270 g/mol. The zero-order chi connectivity index (χ0) is 15.2. The van der Waals surface area contributed by atoms with E-state index >= 15 is 0 Å². The molecule has 0 unspecified atom stereocenters. The van der Waals surface area contributed by atoms with Gasteiger partial charge in [0.15, 0.2) is 0 Å². The topological polar surface area (TPSA) is 84.2 Å². The Labute approximate surface area is 122 Å². The fraction of sp³-hybridized carbons (Fsp3) is 0.267. The minimum Gasteiger partial charge on any atom is -0.441 e. The number of carbonyl (C=O) groups excluding carboxylic acids is 2. The van der Waals surface area contributed by atoms with E-state index in [2.05, 4.69) is 15.6 Å². The van der Waals surface area contributed by atoms with Crippen molar-refractivity contribution in [2.24, 2.45) is 0 Å². The van der Waals surface area contributed by atoms with Crippen LogP contribution in [0.2, 0.25) is 0 Å². The number of likely N-dealkylation sites (N-methyl/N-ethyl adjacent to an activating group) is 1. The summed E-state index contributed by atoms with van der Waals surface area (Å²) < 4.78 is 5.58. The molecule has 2 rings (SSSR count). The van der Waals surface area contributed by atoms with E-state index in [-0.39, 0.29) is 24.8 Å². The second-order valence-electron chi connectivity index (χ2n) is 4.51. The highest BCUT2D eigenvalue weighted by Crippen LogP contribution is 2.21. The normalized spacial score (nSPS) is 10.2. The fourth-order valence-electron chi connectivity index (χ4n) is 1.78. The standard InChI is InChI=1S/C15H17N3O3/c1-10-12(8-13(19)17-9-14(20)16-2)18-15(21-10)11-6-4-3-5-7-11/h3-7H,8-9H2,1-2H3,(H,16,20)(H,17,19). The molecule has 6 nitrogen and oxygen atoms in total. The van der Waals surface area contributed by atoms with Crippen LogP contribution in [0.1, 0.15) is 11.5 Å². The molecule has 0 bridgehead atoms. The molecule has 0 saturated carbocycles. The smallest absolute Gasteiger partial charge is 0.239 e. The van der Waals surface area contributed by atoms with Crippen molar-refractivity contribution in [2.75, 3.05) is 13.6 Å². The Bertz CT molecular complexity index is 635. The van der Waals surface area contributed by atoms with Crippen molar-refractivity contribution in [1.82, 2.24) is 15.6 Å². The van der Waals surface area contributed by atoms with Gasteiger partial charge in [0.2, 0.25) is 17.7 Å². The van der Waals surface area contributed by atoms with Crippen LogP contribution >= 0.6 is 0 Å². The van der Waals surface area contributed by atoms with E-state index in [1.165, 1.54) is 7.05 Å². The Morgan fingerprint density at radius 3 is 2.57 bits per heavy atom. The van der Waals surface area contributed by atoms with Gasteiger partial charge in [0.05, 0.1) is 18.7 Å². The van der Waals surface area contributed by atoms with Crippen molar-refractivity contribution in [1.29, 1.82) is 0 Å². The number of aromatic nitrogens is 1. The molecule has 0 aliphatic rings. The van der Waals surface area contributed by atoms with Crippen molar-refractivity contribution in [3.05, 3.63) is 41.8 Å². The molecule has 0 aliphatic carbocycles. The number of rotatable bonds is 5. The largest absolute Gasteiger partial charge is 0.441 e. The van der Waals surface area contributed by atoms with Gasteiger partial charge in [-0.2, -0.15) is 0 Å². The van der Waals surface area contributed by atoms with Gasteiger partial charge in [-0.25, -0.2) is 4.98 Å². The van der Waals surface area contributed by atoms with Gasteiger partial charge >= 0.3 is 0 Å². The maximum absolute atomic E-state index is 11.8. The Kier molecular flexibility index (Phi) is 4.71. The van der Waals surface area contributed by atoms with E-state index < -0.39 is 0 Å². The summed E-state index contributed by atoms with van der Waals surface area (Å²) in [6.07, 6.45) is 0.0825. The van der Waals surface area contributed by atoms with Crippen molar-refractivity contribution >= 4 is 11.8 Å². The lowest BCUT2D eigenvalue weighted by molar-refractivity contribution is -0.125. The summed E-state index contributed by atoms with van der Waals surface area (Å²) in [7, 11) is 1.52. The SMILES string of the molecule is CNC(=O)CNC(=O)Cc1nc(-c2ccccc2)oc1C. The highest BCUT2D eigenvalue weighted by Gasteiger charge is 2.14. The maximum atomic E-state index is 11.8. The molecular formula is C15H17N3O3. The van der Waals surface area contributed by atoms with Gasteiger partial charge in [-0.3, -0.25) is 9.59 Å². The van der Waals surface area contributed by atoms with Crippen LogP contribution in [-0.2, 0) is 16.0 Å². The molecule has 0 fully saturated rings. The van der Waals surface area contributed by atoms with Gasteiger partial charge in [-0.05, 0) is 19.1 Å². The summed E-state index contributed by atoms with van der Waals surface area (Å²) >= 11 is 0. The molecule has 2 amide bonds. The summed E-state index contributed by atoms with van der Waals surface area (Å²) in [5, 5.41) is 4.96. The molecule has 21 heavy (non-hydrogen) atoms. The third-order valence-corrected chi connectivity index (χ3v) is 2.97. The van der Waals surface area contributed by atoms with Gasteiger partial charge in [-0.1, -0.05) is 18.2 Å².